The van der Waals surface area contributed by atoms with E-state index in [2.05, 4.69) is 5.32 Å². The summed E-state index contributed by atoms with van der Waals surface area (Å²) in [5.41, 5.74) is -0.0913. The van der Waals surface area contributed by atoms with E-state index in [9.17, 15) is 18.7 Å². The molecule has 23 heavy (non-hydrogen) atoms. The van der Waals surface area contributed by atoms with E-state index in [1.165, 1.54) is 6.07 Å². The number of benzene rings is 1. The van der Waals surface area contributed by atoms with E-state index in [0.29, 0.717) is 26.1 Å². The highest BCUT2D eigenvalue weighted by atomic mass is 19.1. The van der Waals surface area contributed by atoms with Crippen LogP contribution in [0.15, 0.2) is 18.2 Å². The quantitative estimate of drug-likeness (QED) is 0.866. The molecule has 0 aliphatic carbocycles. The van der Waals surface area contributed by atoms with Crippen molar-refractivity contribution in [2.24, 2.45) is 5.41 Å². The molecule has 4 nitrogen and oxygen atoms in total. The molecule has 1 aromatic carbocycles. The maximum absolute atomic E-state index is 13.7. The van der Waals surface area contributed by atoms with Crippen LogP contribution in [0.25, 0.3) is 0 Å². The summed E-state index contributed by atoms with van der Waals surface area (Å²) >= 11 is 0. The number of amides is 1. The maximum atomic E-state index is 13.7. The molecule has 126 valence electrons. The van der Waals surface area contributed by atoms with Crippen LogP contribution in [0, 0.1) is 17.0 Å². The number of hydrogen-bond acceptors (Lipinski definition) is 3. The predicted molar refractivity (Wildman–Crippen MR) is 81.8 cm³/mol. The van der Waals surface area contributed by atoms with E-state index in [4.69, 9.17) is 0 Å². The van der Waals surface area contributed by atoms with Crippen molar-refractivity contribution in [2.75, 3.05) is 26.2 Å². The van der Waals surface area contributed by atoms with Crippen LogP contribution in [0.1, 0.15) is 24.8 Å². The summed E-state index contributed by atoms with van der Waals surface area (Å²) < 4.78 is 26.7. The molecule has 2 saturated heterocycles. The van der Waals surface area contributed by atoms with Gasteiger partial charge in [-0.25, -0.2) is 8.78 Å². The molecule has 1 amide bonds. The van der Waals surface area contributed by atoms with E-state index in [-0.39, 0.29) is 23.3 Å². The molecular formula is C17H22F2N2O2. The van der Waals surface area contributed by atoms with Gasteiger partial charge in [0.1, 0.15) is 11.6 Å². The molecule has 0 saturated carbocycles. The van der Waals surface area contributed by atoms with Gasteiger partial charge in [-0.15, -0.1) is 0 Å². The number of nitrogens with one attached hydrogen (secondary N) is 1. The van der Waals surface area contributed by atoms with Crippen LogP contribution >= 0.6 is 0 Å². The molecule has 6 heteroatoms. The Morgan fingerprint density at radius 3 is 3.00 bits per heavy atom. The summed E-state index contributed by atoms with van der Waals surface area (Å²) in [6.07, 6.45) is 1.91. The zero-order chi connectivity index (χ0) is 16.4. The minimum Gasteiger partial charge on any atom is -0.392 e. The third kappa shape index (κ3) is 3.38. The summed E-state index contributed by atoms with van der Waals surface area (Å²) in [7, 11) is 0. The Morgan fingerprint density at radius 2 is 2.26 bits per heavy atom. The lowest BCUT2D eigenvalue weighted by Crippen LogP contribution is -2.59. The SMILES string of the molecule is O=C(Cc1ccc(F)cc1F)N1CCC[C@]2(CNCC[C@@H]2O)C1. The maximum Gasteiger partial charge on any atom is 0.227 e. The second kappa shape index (κ2) is 6.53. The monoisotopic (exact) mass is 324 g/mol. The highest BCUT2D eigenvalue weighted by molar-refractivity contribution is 5.79. The van der Waals surface area contributed by atoms with Gasteiger partial charge in [-0.05, 0) is 37.4 Å². The molecule has 2 heterocycles. The summed E-state index contributed by atoms with van der Waals surface area (Å²) in [5.74, 6) is -1.51. The Balaban J connectivity index is 1.69. The Labute approximate surface area is 134 Å². The van der Waals surface area contributed by atoms with Gasteiger partial charge in [0.15, 0.2) is 0 Å². The van der Waals surface area contributed by atoms with Gasteiger partial charge in [-0.2, -0.15) is 0 Å². The molecule has 2 aliphatic rings. The lowest BCUT2D eigenvalue weighted by atomic mass is 9.72. The van der Waals surface area contributed by atoms with Gasteiger partial charge < -0.3 is 15.3 Å². The summed E-state index contributed by atoms with van der Waals surface area (Å²) in [6, 6.07) is 3.28. The van der Waals surface area contributed by atoms with Crippen LogP contribution in [-0.4, -0.2) is 48.2 Å². The molecule has 1 spiro atoms. The highest BCUT2D eigenvalue weighted by Crippen LogP contribution is 2.36. The molecule has 2 aliphatic heterocycles. The van der Waals surface area contributed by atoms with Crippen LogP contribution in [0.5, 0.6) is 0 Å². The van der Waals surface area contributed by atoms with Crippen molar-refractivity contribution in [3.8, 4) is 0 Å². The van der Waals surface area contributed by atoms with E-state index in [1.807, 2.05) is 0 Å². The van der Waals surface area contributed by atoms with Gasteiger partial charge in [0.25, 0.3) is 0 Å². The van der Waals surface area contributed by atoms with Crippen LogP contribution in [-0.2, 0) is 11.2 Å². The number of hydrogen-bond donors (Lipinski definition) is 2. The van der Waals surface area contributed by atoms with Crippen molar-refractivity contribution in [1.82, 2.24) is 10.2 Å². The molecule has 1 aromatic rings. The second-order valence-corrected chi connectivity index (χ2v) is 6.67. The Kier molecular flexibility index (Phi) is 4.64. The Bertz CT molecular complexity index is 592. The zero-order valence-electron chi connectivity index (χ0n) is 13.0. The van der Waals surface area contributed by atoms with Crippen molar-refractivity contribution >= 4 is 5.91 Å². The topological polar surface area (TPSA) is 52.6 Å². The highest BCUT2D eigenvalue weighted by Gasteiger charge is 2.44. The number of carbonyl (C=O) groups excluding carboxylic acids is 1. The number of likely N-dealkylation sites (tertiary alicyclic amines) is 1. The van der Waals surface area contributed by atoms with E-state index >= 15 is 0 Å². The third-order valence-corrected chi connectivity index (χ3v) is 5.10. The summed E-state index contributed by atoms with van der Waals surface area (Å²) in [6.45, 7) is 2.60. The smallest absolute Gasteiger partial charge is 0.227 e. The fourth-order valence-corrected chi connectivity index (χ4v) is 3.73. The molecule has 2 N–H and O–H groups in total. The number of nitrogens with zero attached hydrogens (tertiary/aromatic N) is 1. The van der Waals surface area contributed by atoms with Gasteiger partial charge >= 0.3 is 0 Å². The number of halogens is 2. The lowest BCUT2D eigenvalue weighted by molar-refractivity contribution is -0.137. The predicted octanol–water partition coefficient (Wildman–Crippen LogP) is 1.47. The van der Waals surface area contributed by atoms with E-state index in [1.54, 1.807) is 4.90 Å². The third-order valence-electron chi connectivity index (χ3n) is 5.10. The molecule has 2 atom stereocenters. The zero-order valence-corrected chi connectivity index (χ0v) is 13.0. The second-order valence-electron chi connectivity index (χ2n) is 6.67. The van der Waals surface area contributed by atoms with Crippen LogP contribution < -0.4 is 5.32 Å². The van der Waals surface area contributed by atoms with Gasteiger partial charge in [-0.3, -0.25) is 4.79 Å². The van der Waals surface area contributed by atoms with Crippen LogP contribution in [0.2, 0.25) is 0 Å². The van der Waals surface area contributed by atoms with E-state index < -0.39 is 17.7 Å². The largest absolute Gasteiger partial charge is 0.392 e. The van der Waals surface area contributed by atoms with Gasteiger partial charge in [-0.1, -0.05) is 6.07 Å². The first-order chi connectivity index (χ1) is 11.0. The first-order valence-corrected chi connectivity index (χ1v) is 8.11. The fourth-order valence-electron chi connectivity index (χ4n) is 3.73. The summed E-state index contributed by atoms with van der Waals surface area (Å²) in [4.78, 5) is 14.2. The fraction of sp³-hybridized carbons (Fsp3) is 0.588. The summed E-state index contributed by atoms with van der Waals surface area (Å²) in [5, 5.41) is 13.7. The average Bonchev–Trinajstić information content (AvgIpc) is 2.53. The number of rotatable bonds is 2. The van der Waals surface area contributed by atoms with Crippen molar-refractivity contribution in [3.05, 3.63) is 35.4 Å². The van der Waals surface area contributed by atoms with Gasteiger partial charge in [0.05, 0.1) is 12.5 Å². The average molecular weight is 324 g/mol. The van der Waals surface area contributed by atoms with Crippen molar-refractivity contribution in [3.63, 3.8) is 0 Å². The molecule has 0 unspecified atom stereocenters. The van der Waals surface area contributed by atoms with Crippen LogP contribution in [0.4, 0.5) is 8.78 Å². The van der Waals surface area contributed by atoms with Crippen LogP contribution in [0.3, 0.4) is 0 Å². The van der Waals surface area contributed by atoms with Gasteiger partial charge in [0, 0.05) is 31.1 Å². The lowest BCUT2D eigenvalue weighted by Gasteiger charge is -2.48. The first kappa shape index (κ1) is 16.3. The minimum atomic E-state index is -0.690. The molecule has 2 fully saturated rings. The molecule has 3 rings (SSSR count). The molecule has 0 bridgehead atoms. The van der Waals surface area contributed by atoms with Gasteiger partial charge in [0.2, 0.25) is 5.91 Å². The Morgan fingerprint density at radius 1 is 1.43 bits per heavy atom. The Hall–Kier alpha value is -1.53. The standard InChI is InChI=1S/C17H22F2N2O2/c18-13-3-2-12(14(19)9-13)8-16(23)21-7-1-5-17(11-21)10-20-6-4-15(17)22/h2-3,9,15,20,22H,1,4-8,10-11H2/t15-,17-/m0/s1. The van der Waals surface area contributed by atoms with Crippen molar-refractivity contribution in [2.45, 2.75) is 31.8 Å². The first-order valence-electron chi connectivity index (χ1n) is 8.11. The number of piperidine rings is 2. The minimum absolute atomic E-state index is 0.0777. The molecular weight excluding hydrogens is 302 g/mol. The van der Waals surface area contributed by atoms with Crippen molar-refractivity contribution in [1.29, 1.82) is 0 Å². The number of aliphatic hydroxyl groups is 1. The molecule has 0 aromatic heterocycles. The number of carbonyl (C=O) groups is 1. The number of aliphatic hydroxyl groups excluding tert-OH is 1. The normalized spacial score (nSPS) is 28.1. The van der Waals surface area contributed by atoms with E-state index in [0.717, 1.165) is 31.5 Å². The molecule has 0 radical (unpaired) electrons. The van der Waals surface area contributed by atoms with Crippen molar-refractivity contribution < 1.29 is 18.7 Å².